The van der Waals surface area contributed by atoms with E-state index in [4.69, 9.17) is 9.47 Å². The standard InChI is InChI=1S/C9H11O2/c1-8-4-3-5-9(6-8)11-7-10-2/h3-6H,1,7H2,2H3. The molecule has 0 heterocycles. The van der Waals surface area contributed by atoms with Crippen LogP contribution in [-0.4, -0.2) is 13.9 Å². The van der Waals surface area contributed by atoms with E-state index in [1.165, 1.54) is 0 Å². The van der Waals surface area contributed by atoms with Crippen LogP contribution in [0, 0.1) is 6.92 Å². The van der Waals surface area contributed by atoms with E-state index in [0.717, 1.165) is 11.3 Å². The van der Waals surface area contributed by atoms with E-state index in [9.17, 15) is 0 Å². The molecule has 0 spiro atoms. The van der Waals surface area contributed by atoms with Gasteiger partial charge in [-0.3, -0.25) is 0 Å². The minimum Gasteiger partial charge on any atom is -0.468 e. The van der Waals surface area contributed by atoms with E-state index in [2.05, 4.69) is 6.92 Å². The van der Waals surface area contributed by atoms with Crippen LogP contribution >= 0.6 is 0 Å². The third-order valence-corrected chi connectivity index (χ3v) is 1.24. The van der Waals surface area contributed by atoms with Crippen molar-refractivity contribution in [3.8, 4) is 5.75 Å². The molecule has 0 aliphatic heterocycles. The van der Waals surface area contributed by atoms with Crippen LogP contribution < -0.4 is 4.74 Å². The number of rotatable bonds is 3. The lowest BCUT2D eigenvalue weighted by Crippen LogP contribution is -1.98. The third kappa shape index (κ3) is 2.60. The zero-order chi connectivity index (χ0) is 8.10. The summed E-state index contributed by atoms with van der Waals surface area (Å²) in [6.07, 6.45) is 0. The van der Waals surface area contributed by atoms with Gasteiger partial charge in [-0.2, -0.15) is 0 Å². The molecule has 0 saturated heterocycles. The SMILES string of the molecule is [CH2]c1cccc(OCOC)c1. The lowest BCUT2D eigenvalue weighted by atomic mass is 10.2. The van der Waals surface area contributed by atoms with Crippen molar-refractivity contribution in [2.24, 2.45) is 0 Å². The average Bonchev–Trinajstić information content (AvgIpc) is 2.01. The summed E-state index contributed by atoms with van der Waals surface area (Å²) >= 11 is 0. The second kappa shape index (κ2) is 3.98. The van der Waals surface area contributed by atoms with E-state index in [-0.39, 0.29) is 6.79 Å². The van der Waals surface area contributed by atoms with Gasteiger partial charge in [0, 0.05) is 7.11 Å². The summed E-state index contributed by atoms with van der Waals surface area (Å²) in [6.45, 7) is 4.05. The highest BCUT2D eigenvalue weighted by molar-refractivity contribution is 5.29. The maximum atomic E-state index is 5.17. The minimum atomic E-state index is 0.281. The van der Waals surface area contributed by atoms with Gasteiger partial charge in [-0.1, -0.05) is 12.1 Å². The molecule has 0 saturated carbocycles. The molecule has 2 heteroatoms. The quantitative estimate of drug-likeness (QED) is 0.614. The van der Waals surface area contributed by atoms with E-state index in [0.29, 0.717) is 0 Å². The summed E-state index contributed by atoms with van der Waals surface area (Å²) < 4.78 is 9.92. The lowest BCUT2D eigenvalue weighted by Gasteiger charge is -2.03. The number of benzene rings is 1. The van der Waals surface area contributed by atoms with Crippen molar-refractivity contribution in [2.45, 2.75) is 0 Å². The second-order valence-electron chi connectivity index (χ2n) is 2.20. The Hall–Kier alpha value is -1.02. The molecule has 0 bridgehead atoms. The van der Waals surface area contributed by atoms with Gasteiger partial charge in [-0.25, -0.2) is 0 Å². The van der Waals surface area contributed by atoms with Crippen LogP contribution in [0.2, 0.25) is 0 Å². The predicted molar refractivity (Wildman–Crippen MR) is 43.4 cm³/mol. The van der Waals surface area contributed by atoms with Crippen molar-refractivity contribution in [3.63, 3.8) is 0 Å². The van der Waals surface area contributed by atoms with Crippen LogP contribution in [0.4, 0.5) is 0 Å². The topological polar surface area (TPSA) is 18.5 Å². The van der Waals surface area contributed by atoms with Gasteiger partial charge in [0.1, 0.15) is 5.75 Å². The zero-order valence-electron chi connectivity index (χ0n) is 6.54. The highest BCUT2D eigenvalue weighted by atomic mass is 16.7. The predicted octanol–water partition coefficient (Wildman–Crippen LogP) is 1.85. The van der Waals surface area contributed by atoms with Gasteiger partial charge in [0.2, 0.25) is 0 Å². The summed E-state index contributed by atoms with van der Waals surface area (Å²) in [5.41, 5.74) is 0.943. The maximum Gasteiger partial charge on any atom is 0.188 e. The fourth-order valence-electron chi connectivity index (χ4n) is 0.762. The molecule has 0 amide bonds. The maximum absolute atomic E-state index is 5.17. The zero-order valence-corrected chi connectivity index (χ0v) is 6.54. The molecule has 0 aromatic heterocycles. The molecule has 0 aliphatic rings. The smallest absolute Gasteiger partial charge is 0.188 e. The van der Waals surface area contributed by atoms with E-state index < -0.39 is 0 Å². The molecule has 0 aliphatic carbocycles. The monoisotopic (exact) mass is 151 g/mol. The fraction of sp³-hybridized carbons (Fsp3) is 0.222. The molecule has 11 heavy (non-hydrogen) atoms. The first-order chi connectivity index (χ1) is 5.33. The van der Waals surface area contributed by atoms with Gasteiger partial charge in [0.05, 0.1) is 0 Å². The number of hydrogen-bond donors (Lipinski definition) is 0. The lowest BCUT2D eigenvalue weighted by molar-refractivity contribution is 0.0511. The second-order valence-corrected chi connectivity index (χ2v) is 2.20. The Kier molecular flexibility index (Phi) is 2.93. The van der Waals surface area contributed by atoms with Crippen molar-refractivity contribution in [3.05, 3.63) is 36.8 Å². The Morgan fingerprint density at radius 1 is 1.45 bits per heavy atom. The van der Waals surface area contributed by atoms with Crippen LogP contribution in [0.1, 0.15) is 5.56 Å². The van der Waals surface area contributed by atoms with Crippen molar-refractivity contribution < 1.29 is 9.47 Å². The average molecular weight is 151 g/mol. The van der Waals surface area contributed by atoms with Gasteiger partial charge in [-0.05, 0) is 24.6 Å². The molecule has 59 valence electrons. The first kappa shape index (κ1) is 8.08. The minimum absolute atomic E-state index is 0.281. The molecule has 1 aromatic carbocycles. The molecule has 2 nitrogen and oxygen atoms in total. The molecule has 0 N–H and O–H groups in total. The molecule has 1 aromatic rings. The highest BCUT2D eigenvalue weighted by Crippen LogP contribution is 2.11. The molecule has 0 fully saturated rings. The Morgan fingerprint density at radius 3 is 2.91 bits per heavy atom. The van der Waals surface area contributed by atoms with Gasteiger partial charge < -0.3 is 9.47 Å². The summed E-state index contributed by atoms with van der Waals surface area (Å²) in [6, 6.07) is 7.54. The van der Waals surface area contributed by atoms with Crippen LogP contribution in [0.15, 0.2) is 24.3 Å². The van der Waals surface area contributed by atoms with Gasteiger partial charge in [-0.15, -0.1) is 0 Å². The highest BCUT2D eigenvalue weighted by Gasteiger charge is 1.90. The summed E-state index contributed by atoms with van der Waals surface area (Å²) in [5.74, 6) is 0.791. The normalized spacial score (nSPS) is 9.64. The first-order valence-corrected chi connectivity index (χ1v) is 3.36. The number of ether oxygens (including phenoxy) is 2. The van der Waals surface area contributed by atoms with E-state index >= 15 is 0 Å². The molecule has 0 atom stereocenters. The van der Waals surface area contributed by atoms with Gasteiger partial charge >= 0.3 is 0 Å². The summed E-state index contributed by atoms with van der Waals surface area (Å²) in [7, 11) is 1.59. The Labute approximate surface area is 66.8 Å². The number of hydrogen-bond acceptors (Lipinski definition) is 2. The molecule has 0 unspecified atom stereocenters. The van der Waals surface area contributed by atoms with Gasteiger partial charge in [0.15, 0.2) is 6.79 Å². The van der Waals surface area contributed by atoms with Crippen molar-refractivity contribution >= 4 is 0 Å². The summed E-state index contributed by atoms with van der Waals surface area (Å²) in [5, 5.41) is 0. The third-order valence-electron chi connectivity index (χ3n) is 1.24. The number of methoxy groups -OCH3 is 1. The molecule has 1 radical (unpaired) electrons. The Bertz CT molecular complexity index is 221. The molecular weight excluding hydrogens is 140 g/mol. The van der Waals surface area contributed by atoms with Crippen molar-refractivity contribution in [2.75, 3.05) is 13.9 Å². The largest absolute Gasteiger partial charge is 0.468 e. The molecular formula is C9H11O2. The van der Waals surface area contributed by atoms with Gasteiger partial charge in [0.25, 0.3) is 0 Å². The Morgan fingerprint density at radius 2 is 2.27 bits per heavy atom. The van der Waals surface area contributed by atoms with Crippen molar-refractivity contribution in [1.82, 2.24) is 0 Å². The van der Waals surface area contributed by atoms with Crippen LogP contribution in [0.25, 0.3) is 0 Å². The van der Waals surface area contributed by atoms with E-state index in [1.54, 1.807) is 7.11 Å². The van der Waals surface area contributed by atoms with Crippen LogP contribution in [-0.2, 0) is 4.74 Å². The van der Waals surface area contributed by atoms with Crippen LogP contribution in [0.5, 0.6) is 5.75 Å². The fourth-order valence-corrected chi connectivity index (χ4v) is 0.762. The molecule has 1 rings (SSSR count). The van der Waals surface area contributed by atoms with Crippen LogP contribution in [0.3, 0.4) is 0 Å². The Balaban J connectivity index is 2.56. The van der Waals surface area contributed by atoms with E-state index in [1.807, 2.05) is 24.3 Å². The summed E-state index contributed by atoms with van der Waals surface area (Å²) in [4.78, 5) is 0. The van der Waals surface area contributed by atoms with Crippen molar-refractivity contribution in [1.29, 1.82) is 0 Å². The first-order valence-electron chi connectivity index (χ1n) is 3.36.